The molecule has 1 aliphatic rings. The van der Waals surface area contributed by atoms with Crippen molar-refractivity contribution in [3.63, 3.8) is 0 Å². The predicted molar refractivity (Wildman–Crippen MR) is 73.5 cm³/mol. The Kier molecular flexibility index (Phi) is 3.89. The average Bonchev–Trinajstić information content (AvgIpc) is 3.14. The number of hydrogen-bond donors (Lipinski definition) is 1. The van der Waals surface area contributed by atoms with E-state index in [1.807, 2.05) is 0 Å². The smallest absolute Gasteiger partial charge is 0.319 e. The molecule has 1 aromatic rings. The number of amides is 2. The van der Waals surface area contributed by atoms with Gasteiger partial charge in [0, 0.05) is 5.92 Å². The lowest BCUT2D eigenvalue weighted by Gasteiger charge is -2.22. The number of aryl methyl sites for hydroxylation is 1. The van der Waals surface area contributed by atoms with Crippen LogP contribution >= 0.6 is 15.9 Å². The van der Waals surface area contributed by atoms with E-state index in [9.17, 15) is 14.0 Å². The van der Waals surface area contributed by atoms with Crippen LogP contribution < -0.4 is 10.6 Å². The highest BCUT2D eigenvalue weighted by Gasteiger charge is 2.32. The molecule has 0 unspecified atom stereocenters. The van der Waals surface area contributed by atoms with Gasteiger partial charge >= 0.3 is 6.03 Å². The fourth-order valence-corrected chi connectivity index (χ4v) is 2.23. The van der Waals surface area contributed by atoms with Crippen LogP contribution in [0.1, 0.15) is 18.4 Å². The Hall–Kier alpha value is -1.43. The van der Waals surface area contributed by atoms with Crippen molar-refractivity contribution in [2.45, 2.75) is 19.8 Å². The first-order chi connectivity index (χ1) is 8.90. The summed E-state index contributed by atoms with van der Waals surface area (Å²) in [5.74, 6) is -0.371. The summed E-state index contributed by atoms with van der Waals surface area (Å²) in [6.45, 7) is 1.61. The highest BCUT2D eigenvalue weighted by Crippen LogP contribution is 2.32. The first kappa shape index (κ1) is 14.0. The van der Waals surface area contributed by atoms with Gasteiger partial charge in [-0.1, -0.05) is 0 Å². The fourth-order valence-electron chi connectivity index (χ4n) is 1.90. The van der Waals surface area contributed by atoms with Gasteiger partial charge in [-0.15, -0.1) is 0 Å². The number of urea groups is 1. The van der Waals surface area contributed by atoms with Crippen molar-refractivity contribution in [3.05, 3.63) is 28.0 Å². The van der Waals surface area contributed by atoms with Crippen LogP contribution in [0.4, 0.5) is 14.9 Å². The number of carbonyl (C=O) groups is 2. The van der Waals surface area contributed by atoms with Crippen LogP contribution in [0.3, 0.4) is 0 Å². The summed E-state index contributed by atoms with van der Waals surface area (Å²) in [5, 5.41) is 0. The molecule has 0 bridgehead atoms. The normalized spacial score (nSPS) is 14.3. The van der Waals surface area contributed by atoms with E-state index in [1.165, 1.54) is 17.0 Å². The number of rotatable bonds is 4. The van der Waals surface area contributed by atoms with E-state index in [0.29, 0.717) is 11.3 Å². The summed E-state index contributed by atoms with van der Waals surface area (Å²) in [6, 6.07) is 2.06. The molecule has 1 aliphatic carbocycles. The van der Waals surface area contributed by atoms with Gasteiger partial charge in [-0.2, -0.15) is 0 Å². The van der Waals surface area contributed by atoms with E-state index in [-0.39, 0.29) is 22.7 Å². The zero-order valence-electron chi connectivity index (χ0n) is 10.5. The second kappa shape index (κ2) is 5.28. The molecule has 4 nitrogen and oxygen atoms in total. The molecule has 0 aromatic heterocycles. The average molecular weight is 329 g/mol. The monoisotopic (exact) mass is 328 g/mol. The van der Waals surface area contributed by atoms with Crippen LogP contribution in [-0.4, -0.2) is 18.4 Å². The van der Waals surface area contributed by atoms with E-state index >= 15 is 0 Å². The molecule has 2 amide bonds. The van der Waals surface area contributed by atoms with Gasteiger partial charge in [-0.3, -0.25) is 9.69 Å². The maximum absolute atomic E-state index is 13.4. The minimum atomic E-state index is -0.712. The van der Waals surface area contributed by atoms with Gasteiger partial charge in [0.05, 0.1) is 16.7 Å². The zero-order chi connectivity index (χ0) is 14.2. The van der Waals surface area contributed by atoms with Gasteiger partial charge in [0.2, 0.25) is 0 Å². The second-order valence-corrected chi connectivity index (χ2v) is 5.57. The second-order valence-electron chi connectivity index (χ2n) is 4.72. The molecule has 0 aliphatic heterocycles. The molecule has 1 fully saturated rings. The summed E-state index contributed by atoms with van der Waals surface area (Å²) in [6.07, 6.45) is 1.75. The number of halogens is 2. The Morgan fingerprint density at radius 2 is 2.11 bits per heavy atom. The van der Waals surface area contributed by atoms with E-state index in [0.717, 1.165) is 12.8 Å². The molecule has 0 atom stereocenters. The molecule has 2 rings (SSSR count). The van der Waals surface area contributed by atoms with Crippen molar-refractivity contribution in [1.82, 2.24) is 0 Å². The summed E-state index contributed by atoms with van der Waals surface area (Å²) >= 11 is 3.07. The van der Waals surface area contributed by atoms with E-state index in [2.05, 4.69) is 15.9 Å². The number of benzene rings is 1. The molecule has 2 N–H and O–H groups in total. The first-order valence-electron chi connectivity index (χ1n) is 5.95. The summed E-state index contributed by atoms with van der Waals surface area (Å²) in [5.41, 5.74) is 6.33. The highest BCUT2D eigenvalue weighted by molar-refractivity contribution is 9.10. The molecule has 0 radical (unpaired) electrons. The van der Waals surface area contributed by atoms with Crippen molar-refractivity contribution in [2.75, 3.05) is 11.4 Å². The molecular weight excluding hydrogens is 315 g/mol. The van der Waals surface area contributed by atoms with Gasteiger partial charge < -0.3 is 5.73 Å². The lowest BCUT2D eigenvalue weighted by atomic mass is 10.1. The standard InChI is InChI=1S/C13H14BrFN2O2/c1-7-4-10(15)9(14)5-11(7)17(13(16)19)6-12(18)8-2-3-8/h4-5,8H,2-3,6H2,1H3,(H2,16,19). The van der Waals surface area contributed by atoms with Crippen LogP contribution in [0.25, 0.3) is 0 Å². The maximum Gasteiger partial charge on any atom is 0.319 e. The van der Waals surface area contributed by atoms with Crippen LogP contribution in [0.15, 0.2) is 16.6 Å². The zero-order valence-corrected chi connectivity index (χ0v) is 12.0. The SMILES string of the molecule is Cc1cc(F)c(Br)cc1N(CC(=O)C1CC1)C(N)=O. The van der Waals surface area contributed by atoms with Crippen LogP contribution in [0, 0.1) is 18.7 Å². The lowest BCUT2D eigenvalue weighted by molar-refractivity contribution is -0.118. The van der Waals surface area contributed by atoms with E-state index in [4.69, 9.17) is 5.73 Å². The van der Waals surface area contributed by atoms with Gasteiger partial charge in [0.1, 0.15) is 5.82 Å². The number of nitrogens with two attached hydrogens (primary N) is 1. The molecule has 0 spiro atoms. The molecular formula is C13H14BrFN2O2. The number of ketones is 1. The number of nitrogens with zero attached hydrogens (tertiary/aromatic N) is 1. The van der Waals surface area contributed by atoms with E-state index < -0.39 is 11.8 Å². The van der Waals surface area contributed by atoms with Crippen molar-refractivity contribution < 1.29 is 14.0 Å². The quantitative estimate of drug-likeness (QED) is 0.923. The van der Waals surface area contributed by atoms with Crippen molar-refractivity contribution in [2.24, 2.45) is 11.7 Å². The van der Waals surface area contributed by atoms with Crippen molar-refractivity contribution >= 4 is 33.4 Å². The summed E-state index contributed by atoms with van der Waals surface area (Å²) in [7, 11) is 0. The highest BCUT2D eigenvalue weighted by atomic mass is 79.9. The molecule has 6 heteroatoms. The van der Waals surface area contributed by atoms with Crippen LogP contribution in [0.2, 0.25) is 0 Å². The number of Topliss-reactive ketones (excluding diaryl/α,β-unsaturated/α-hetero) is 1. The predicted octanol–water partition coefficient (Wildman–Crippen LogP) is 2.76. The fraction of sp³-hybridized carbons (Fsp3) is 0.385. The third-order valence-electron chi connectivity index (χ3n) is 3.14. The molecule has 1 aromatic carbocycles. The maximum atomic E-state index is 13.4. The van der Waals surface area contributed by atoms with Crippen LogP contribution in [-0.2, 0) is 4.79 Å². The number of hydrogen-bond acceptors (Lipinski definition) is 2. The third-order valence-corrected chi connectivity index (χ3v) is 3.75. The van der Waals surface area contributed by atoms with Gasteiger partial charge in [0.25, 0.3) is 0 Å². The number of anilines is 1. The Morgan fingerprint density at radius 3 is 2.63 bits per heavy atom. The minimum absolute atomic E-state index is 0.00125. The Bertz CT molecular complexity index is 544. The Balaban J connectivity index is 2.30. The van der Waals surface area contributed by atoms with Gasteiger partial charge in [-0.25, -0.2) is 9.18 Å². The molecule has 1 saturated carbocycles. The molecule has 102 valence electrons. The van der Waals surface area contributed by atoms with Crippen molar-refractivity contribution in [3.8, 4) is 0 Å². The molecule has 0 saturated heterocycles. The van der Waals surface area contributed by atoms with E-state index in [1.54, 1.807) is 6.92 Å². The number of primary amides is 1. The minimum Gasteiger partial charge on any atom is -0.351 e. The molecule has 0 heterocycles. The lowest BCUT2D eigenvalue weighted by Crippen LogP contribution is -2.40. The topological polar surface area (TPSA) is 63.4 Å². The largest absolute Gasteiger partial charge is 0.351 e. The Labute approximate surface area is 118 Å². The Morgan fingerprint density at radius 1 is 1.47 bits per heavy atom. The van der Waals surface area contributed by atoms with Crippen molar-refractivity contribution in [1.29, 1.82) is 0 Å². The summed E-state index contributed by atoms with van der Waals surface area (Å²) < 4.78 is 13.6. The third kappa shape index (κ3) is 3.12. The van der Waals surface area contributed by atoms with Crippen LogP contribution in [0.5, 0.6) is 0 Å². The number of carbonyl (C=O) groups excluding carboxylic acids is 2. The van der Waals surface area contributed by atoms with Gasteiger partial charge in [-0.05, 0) is 53.4 Å². The first-order valence-corrected chi connectivity index (χ1v) is 6.74. The molecule has 19 heavy (non-hydrogen) atoms. The van der Waals surface area contributed by atoms with Gasteiger partial charge in [0.15, 0.2) is 5.78 Å². The summed E-state index contributed by atoms with van der Waals surface area (Å²) in [4.78, 5) is 24.5.